The largest absolute Gasteiger partial charge is 0.368 e. The van der Waals surface area contributed by atoms with Crippen molar-refractivity contribution in [2.24, 2.45) is 0 Å². The zero-order valence-electron chi connectivity index (χ0n) is 12.4. The third-order valence-corrected chi connectivity index (χ3v) is 4.10. The number of hydrogen-bond donors (Lipinski definition) is 1. The molecule has 1 N–H and O–H groups in total. The molecule has 3 heteroatoms. The van der Waals surface area contributed by atoms with Crippen LogP contribution in [0.3, 0.4) is 0 Å². The molecule has 3 nitrogen and oxygen atoms in total. The van der Waals surface area contributed by atoms with Crippen LogP contribution in [-0.2, 0) is 6.54 Å². The SMILES string of the molecule is CCNCc1cnccc1N1CCCCCC1CC. The van der Waals surface area contributed by atoms with Crippen molar-refractivity contribution in [2.75, 3.05) is 18.0 Å². The summed E-state index contributed by atoms with van der Waals surface area (Å²) in [7, 11) is 0. The van der Waals surface area contributed by atoms with E-state index in [4.69, 9.17) is 0 Å². The first-order chi connectivity index (χ1) is 9.36. The second-order valence-electron chi connectivity index (χ2n) is 5.39. The van der Waals surface area contributed by atoms with Gasteiger partial charge in [0, 0.05) is 42.8 Å². The summed E-state index contributed by atoms with van der Waals surface area (Å²) < 4.78 is 0. The van der Waals surface area contributed by atoms with Gasteiger partial charge < -0.3 is 10.2 Å². The van der Waals surface area contributed by atoms with Crippen LogP contribution in [0.15, 0.2) is 18.5 Å². The molecule has 0 radical (unpaired) electrons. The van der Waals surface area contributed by atoms with Crippen LogP contribution in [0, 0.1) is 0 Å². The molecule has 1 saturated heterocycles. The zero-order chi connectivity index (χ0) is 13.5. The Kier molecular flexibility index (Phi) is 5.64. The molecule has 1 atom stereocenters. The highest BCUT2D eigenvalue weighted by Gasteiger charge is 2.21. The highest BCUT2D eigenvalue weighted by Crippen LogP contribution is 2.28. The molecule has 0 spiro atoms. The number of aromatic nitrogens is 1. The molecule has 0 amide bonds. The highest BCUT2D eigenvalue weighted by molar-refractivity contribution is 5.53. The lowest BCUT2D eigenvalue weighted by Crippen LogP contribution is -2.35. The average molecular weight is 261 g/mol. The summed E-state index contributed by atoms with van der Waals surface area (Å²) in [5, 5.41) is 3.43. The molecule has 2 rings (SSSR count). The first-order valence-corrected chi connectivity index (χ1v) is 7.77. The summed E-state index contributed by atoms with van der Waals surface area (Å²) in [5.41, 5.74) is 2.73. The van der Waals surface area contributed by atoms with Crippen LogP contribution in [0.4, 0.5) is 5.69 Å². The Hall–Kier alpha value is -1.09. The molecule has 2 heterocycles. The van der Waals surface area contributed by atoms with Crippen molar-refractivity contribution in [1.29, 1.82) is 0 Å². The van der Waals surface area contributed by atoms with E-state index in [0.717, 1.165) is 13.1 Å². The van der Waals surface area contributed by atoms with E-state index in [2.05, 4.69) is 35.1 Å². The van der Waals surface area contributed by atoms with Crippen LogP contribution in [0.2, 0.25) is 0 Å². The quantitative estimate of drug-likeness (QED) is 0.881. The molecular formula is C16H27N3. The smallest absolute Gasteiger partial charge is 0.0445 e. The summed E-state index contributed by atoms with van der Waals surface area (Å²) in [6.45, 7) is 7.59. The fourth-order valence-corrected chi connectivity index (χ4v) is 3.01. The lowest BCUT2D eigenvalue weighted by atomic mass is 10.1. The summed E-state index contributed by atoms with van der Waals surface area (Å²) in [5.74, 6) is 0. The van der Waals surface area contributed by atoms with Gasteiger partial charge in [-0.3, -0.25) is 4.98 Å². The Morgan fingerprint density at radius 1 is 1.32 bits per heavy atom. The Bertz CT molecular complexity index is 378. The number of nitrogens with one attached hydrogen (secondary N) is 1. The molecule has 0 saturated carbocycles. The van der Waals surface area contributed by atoms with Crippen LogP contribution in [0.1, 0.15) is 51.5 Å². The average Bonchev–Trinajstić information content (AvgIpc) is 2.70. The zero-order valence-corrected chi connectivity index (χ0v) is 12.4. The normalized spacial score (nSPS) is 20.3. The van der Waals surface area contributed by atoms with Crippen molar-refractivity contribution in [3.05, 3.63) is 24.0 Å². The summed E-state index contributed by atoms with van der Waals surface area (Å²) in [4.78, 5) is 6.93. The van der Waals surface area contributed by atoms with Crippen LogP contribution in [0.25, 0.3) is 0 Å². The molecule has 0 bridgehead atoms. The van der Waals surface area contributed by atoms with Gasteiger partial charge in [0.05, 0.1) is 0 Å². The molecule has 106 valence electrons. The molecular weight excluding hydrogens is 234 g/mol. The van der Waals surface area contributed by atoms with E-state index < -0.39 is 0 Å². The number of anilines is 1. The Morgan fingerprint density at radius 3 is 3.00 bits per heavy atom. The fourth-order valence-electron chi connectivity index (χ4n) is 3.01. The Labute approximate surface area is 117 Å². The molecule has 1 unspecified atom stereocenters. The fraction of sp³-hybridized carbons (Fsp3) is 0.688. The maximum Gasteiger partial charge on any atom is 0.0445 e. The van der Waals surface area contributed by atoms with Gasteiger partial charge in [-0.1, -0.05) is 26.7 Å². The number of nitrogens with zero attached hydrogens (tertiary/aromatic N) is 2. The number of rotatable bonds is 5. The third-order valence-electron chi connectivity index (χ3n) is 4.10. The first-order valence-electron chi connectivity index (χ1n) is 7.77. The van der Waals surface area contributed by atoms with E-state index in [0.29, 0.717) is 6.04 Å². The van der Waals surface area contributed by atoms with Gasteiger partial charge in [-0.15, -0.1) is 0 Å². The highest BCUT2D eigenvalue weighted by atomic mass is 15.2. The predicted octanol–water partition coefficient (Wildman–Crippen LogP) is 3.35. The number of hydrogen-bond acceptors (Lipinski definition) is 3. The molecule has 0 aliphatic carbocycles. The maximum atomic E-state index is 4.30. The molecule has 1 aliphatic rings. The summed E-state index contributed by atoms with van der Waals surface area (Å²) in [6.07, 6.45) is 10.6. The van der Waals surface area contributed by atoms with Crippen LogP contribution in [0.5, 0.6) is 0 Å². The van der Waals surface area contributed by atoms with Gasteiger partial charge in [0.15, 0.2) is 0 Å². The standard InChI is InChI=1S/C16H27N3/c1-3-15-8-6-5-7-11-19(15)16-9-10-18-13-14(16)12-17-4-2/h9-10,13,15,17H,3-8,11-12H2,1-2H3. The molecule has 19 heavy (non-hydrogen) atoms. The van der Waals surface area contributed by atoms with Gasteiger partial charge in [0.1, 0.15) is 0 Å². The second kappa shape index (κ2) is 7.49. The molecule has 1 aromatic heterocycles. The van der Waals surface area contributed by atoms with E-state index in [1.807, 2.05) is 12.4 Å². The van der Waals surface area contributed by atoms with E-state index >= 15 is 0 Å². The Morgan fingerprint density at radius 2 is 2.21 bits per heavy atom. The minimum absolute atomic E-state index is 0.699. The summed E-state index contributed by atoms with van der Waals surface area (Å²) in [6, 6.07) is 2.89. The van der Waals surface area contributed by atoms with Gasteiger partial charge >= 0.3 is 0 Å². The summed E-state index contributed by atoms with van der Waals surface area (Å²) >= 11 is 0. The van der Waals surface area contributed by atoms with E-state index in [9.17, 15) is 0 Å². The predicted molar refractivity (Wildman–Crippen MR) is 81.5 cm³/mol. The van der Waals surface area contributed by atoms with E-state index in [-0.39, 0.29) is 0 Å². The Balaban J connectivity index is 2.21. The third kappa shape index (κ3) is 3.69. The van der Waals surface area contributed by atoms with Crippen molar-refractivity contribution in [1.82, 2.24) is 10.3 Å². The van der Waals surface area contributed by atoms with Gasteiger partial charge in [-0.2, -0.15) is 0 Å². The molecule has 1 aromatic rings. The molecule has 1 aliphatic heterocycles. The monoisotopic (exact) mass is 261 g/mol. The lowest BCUT2D eigenvalue weighted by molar-refractivity contribution is 0.553. The number of pyridine rings is 1. The van der Waals surface area contributed by atoms with Crippen LogP contribution in [-0.4, -0.2) is 24.1 Å². The van der Waals surface area contributed by atoms with Crippen molar-refractivity contribution in [3.63, 3.8) is 0 Å². The molecule has 0 aromatic carbocycles. The van der Waals surface area contributed by atoms with Crippen molar-refractivity contribution in [2.45, 2.75) is 58.5 Å². The van der Waals surface area contributed by atoms with Gasteiger partial charge in [-0.25, -0.2) is 0 Å². The van der Waals surface area contributed by atoms with E-state index in [1.54, 1.807) is 0 Å². The van der Waals surface area contributed by atoms with Crippen molar-refractivity contribution < 1.29 is 0 Å². The first kappa shape index (κ1) is 14.3. The van der Waals surface area contributed by atoms with Gasteiger partial charge in [0.25, 0.3) is 0 Å². The molecule has 1 fully saturated rings. The van der Waals surface area contributed by atoms with E-state index in [1.165, 1.54) is 49.9 Å². The van der Waals surface area contributed by atoms with Gasteiger partial charge in [-0.05, 0) is 31.9 Å². The topological polar surface area (TPSA) is 28.2 Å². The van der Waals surface area contributed by atoms with Gasteiger partial charge in [0.2, 0.25) is 0 Å². The van der Waals surface area contributed by atoms with Crippen LogP contribution < -0.4 is 10.2 Å². The minimum Gasteiger partial charge on any atom is -0.368 e. The lowest BCUT2D eigenvalue weighted by Gasteiger charge is -2.33. The van der Waals surface area contributed by atoms with Crippen molar-refractivity contribution in [3.8, 4) is 0 Å². The van der Waals surface area contributed by atoms with Crippen LogP contribution >= 0.6 is 0 Å². The maximum absolute atomic E-state index is 4.30. The minimum atomic E-state index is 0.699. The second-order valence-corrected chi connectivity index (χ2v) is 5.39. The van der Waals surface area contributed by atoms with Crippen molar-refractivity contribution >= 4 is 5.69 Å².